The fourth-order valence-electron chi connectivity index (χ4n) is 1.90. The molecule has 1 aliphatic heterocycles. The van der Waals surface area contributed by atoms with Crippen molar-refractivity contribution in [3.8, 4) is 0 Å². The Kier molecular flexibility index (Phi) is 4.17. The monoisotopic (exact) mass is 301 g/mol. The number of anilines is 1. The Balaban J connectivity index is 2.11. The van der Waals surface area contributed by atoms with Crippen molar-refractivity contribution < 1.29 is 22.8 Å². The van der Waals surface area contributed by atoms with E-state index in [0.29, 0.717) is 5.56 Å². The molecule has 2 rings (SSSR count). The maximum atomic E-state index is 12.7. The number of carbonyl (C=O) groups excluding carboxylic acids is 2. The van der Waals surface area contributed by atoms with Crippen LogP contribution in [0.15, 0.2) is 18.2 Å². The minimum atomic E-state index is -4.47. The SMILES string of the molecule is Cc1ccc(C(F)(F)F)cc1NC(=O)C1CNC(=O)CN1. The summed E-state index contributed by atoms with van der Waals surface area (Å²) < 4.78 is 38.0. The summed E-state index contributed by atoms with van der Waals surface area (Å²) in [6.07, 6.45) is -4.47. The molecule has 1 aromatic rings. The van der Waals surface area contributed by atoms with Gasteiger partial charge in [-0.1, -0.05) is 6.07 Å². The first-order valence-electron chi connectivity index (χ1n) is 6.26. The van der Waals surface area contributed by atoms with Crippen LogP contribution in [-0.2, 0) is 15.8 Å². The van der Waals surface area contributed by atoms with Crippen LogP contribution in [-0.4, -0.2) is 30.9 Å². The molecule has 1 atom stereocenters. The highest BCUT2D eigenvalue weighted by atomic mass is 19.4. The summed E-state index contributed by atoms with van der Waals surface area (Å²) >= 11 is 0. The molecule has 0 radical (unpaired) electrons. The Bertz CT molecular complexity index is 562. The maximum Gasteiger partial charge on any atom is 0.416 e. The first-order valence-corrected chi connectivity index (χ1v) is 6.26. The van der Waals surface area contributed by atoms with Crippen molar-refractivity contribution in [3.63, 3.8) is 0 Å². The summed E-state index contributed by atoms with van der Waals surface area (Å²) in [6, 6.07) is 2.49. The number of rotatable bonds is 2. The molecule has 2 amide bonds. The summed E-state index contributed by atoms with van der Waals surface area (Å²) in [4.78, 5) is 22.9. The average Bonchev–Trinajstić information content (AvgIpc) is 2.40. The molecule has 114 valence electrons. The first-order chi connectivity index (χ1) is 9.77. The molecule has 1 saturated heterocycles. The Hall–Kier alpha value is -2.09. The van der Waals surface area contributed by atoms with Crippen LogP contribution in [0.2, 0.25) is 0 Å². The Labute approximate surface area is 118 Å². The number of piperazine rings is 1. The van der Waals surface area contributed by atoms with E-state index in [1.807, 2.05) is 0 Å². The van der Waals surface area contributed by atoms with Crippen LogP contribution in [0.3, 0.4) is 0 Å². The molecule has 0 aliphatic carbocycles. The second-order valence-electron chi connectivity index (χ2n) is 4.75. The van der Waals surface area contributed by atoms with Crippen molar-refractivity contribution in [3.05, 3.63) is 29.3 Å². The van der Waals surface area contributed by atoms with Gasteiger partial charge in [0.25, 0.3) is 0 Å². The summed E-state index contributed by atoms with van der Waals surface area (Å²) in [5, 5.41) is 7.67. The second-order valence-corrected chi connectivity index (χ2v) is 4.75. The first kappa shape index (κ1) is 15.3. The number of alkyl halides is 3. The highest BCUT2D eigenvalue weighted by Gasteiger charge is 2.31. The number of halogens is 3. The molecule has 1 unspecified atom stereocenters. The van der Waals surface area contributed by atoms with Gasteiger partial charge in [-0.2, -0.15) is 13.2 Å². The van der Waals surface area contributed by atoms with E-state index in [9.17, 15) is 22.8 Å². The van der Waals surface area contributed by atoms with Crippen LogP contribution in [0.4, 0.5) is 18.9 Å². The second kappa shape index (κ2) is 5.72. The van der Waals surface area contributed by atoms with Gasteiger partial charge in [0.15, 0.2) is 0 Å². The summed E-state index contributed by atoms with van der Waals surface area (Å²) in [5.41, 5.74) is -0.196. The van der Waals surface area contributed by atoms with Gasteiger partial charge < -0.3 is 10.6 Å². The third kappa shape index (κ3) is 3.72. The van der Waals surface area contributed by atoms with E-state index in [4.69, 9.17) is 0 Å². The lowest BCUT2D eigenvalue weighted by Crippen LogP contribution is -2.56. The van der Waals surface area contributed by atoms with E-state index < -0.39 is 23.7 Å². The quantitative estimate of drug-likeness (QED) is 0.764. The molecule has 1 fully saturated rings. The third-order valence-electron chi connectivity index (χ3n) is 3.15. The Morgan fingerprint density at radius 2 is 2.10 bits per heavy atom. The van der Waals surface area contributed by atoms with E-state index in [1.54, 1.807) is 6.92 Å². The van der Waals surface area contributed by atoms with Crippen LogP contribution >= 0.6 is 0 Å². The minimum Gasteiger partial charge on any atom is -0.353 e. The number of hydrogen-bond acceptors (Lipinski definition) is 3. The van der Waals surface area contributed by atoms with Gasteiger partial charge in [-0.25, -0.2) is 0 Å². The molecule has 5 nitrogen and oxygen atoms in total. The molecule has 0 saturated carbocycles. The van der Waals surface area contributed by atoms with Gasteiger partial charge in [0.2, 0.25) is 11.8 Å². The Morgan fingerprint density at radius 1 is 1.38 bits per heavy atom. The fourth-order valence-corrected chi connectivity index (χ4v) is 1.90. The highest BCUT2D eigenvalue weighted by Crippen LogP contribution is 2.32. The molecular formula is C13H14F3N3O2. The van der Waals surface area contributed by atoms with Crippen LogP contribution in [0, 0.1) is 6.92 Å². The lowest BCUT2D eigenvalue weighted by molar-refractivity contribution is -0.137. The summed E-state index contributed by atoms with van der Waals surface area (Å²) in [7, 11) is 0. The number of hydrogen-bond donors (Lipinski definition) is 3. The standard InChI is InChI=1S/C13H14F3N3O2/c1-7-2-3-8(13(14,15)16)4-9(7)19-12(21)10-5-18-11(20)6-17-10/h2-4,10,17H,5-6H2,1H3,(H,18,20)(H,19,21). The number of carbonyl (C=O) groups is 2. The molecule has 0 spiro atoms. The van der Waals surface area contributed by atoms with E-state index in [0.717, 1.165) is 12.1 Å². The largest absolute Gasteiger partial charge is 0.416 e. The van der Waals surface area contributed by atoms with Crippen molar-refractivity contribution in [2.24, 2.45) is 0 Å². The van der Waals surface area contributed by atoms with Gasteiger partial charge in [0.1, 0.15) is 6.04 Å². The highest BCUT2D eigenvalue weighted by molar-refractivity contribution is 5.97. The van der Waals surface area contributed by atoms with Crippen LogP contribution in [0.5, 0.6) is 0 Å². The van der Waals surface area contributed by atoms with Crippen molar-refractivity contribution in [1.29, 1.82) is 0 Å². The topological polar surface area (TPSA) is 70.2 Å². The predicted molar refractivity (Wildman–Crippen MR) is 69.6 cm³/mol. The summed E-state index contributed by atoms with van der Waals surface area (Å²) in [5.74, 6) is -0.716. The predicted octanol–water partition coefficient (Wildman–Crippen LogP) is 1.04. The molecule has 1 aromatic carbocycles. The normalized spacial score (nSPS) is 19.0. The van der Waals surface area contributed by atoms with E-state index in [-0.39, 0.29) is 24.7 Å². The number of aryl methyl sites for hydroxylation is 1. The molecule has 3 N–H and O–H groups in total. The van der Waals surface area contributed by atoms with Gasteiger partial charge in [-0.15, -0.1) is 0 Å². The molecule has 8 heteroatoms. The number of nitrogens with one attached hydrogen (secondary N) is 3. The van der Waals surface area contributed by atoms with Crippen LogP contribution in [0.25, 0.3) is 0 Å². The van der Waals surface area contributed by atoms with Crippen molar-refractivity contribution in [2.75, 3.05) is 18.4 Å². The zero-order chi connectivity index (χ0) is 15.6. The van der Waals surface area contributed by atoms with Crippen molar-refractivity contribution >= 4 is 17.5 Å². The number of benzene rings is 1. The molecule has 1 heterocycles. The third-order valence-corrected chi connectivity index (χ3v) is 3.15. The Morgan fingerprint density at radius 3 is 2.67 bits per heavy atom. The zero-order valence-electron chi connectivity index (χ0n) is 11.2. The van der Waals surface area contributed by atoms with Crippen molar-refractivity contribution in [2.45, 2.75) is 19.1 Å². The van der Waals surface area contributed by atoms with Crippen LogP contribution < -0.4 is 16.0 Å². The molecule has 0 aromatic heterocycles. The lowest BCUT2D eigenvalue weighted by Gasteiger charge is -2.23. The molecule has 0 bridgehead atoms. The van der Waals surface area contributed by atoms with E-state index in [2.05, 4.69) is 16.0 Å². The molecule has 1 aliphatic rings. The van der Waals surface area contributed by atoms with Crippen LogP contribution in [0.1, 0.15) is 11.1 Å². The maximum absolute atomic E-state index is 12.7. The van der Waals surface area contributed by atoms with Crippen molar-refractivity contribution in [1.82, 2.24) is 10.6 Å². The average molecular weight is 301 g/mol. The van der Waals surface area contributed by atoms with E-state index in [1.165, 1.54) is 6.07 Å². The fraction of sp³-hybridized carbons (Fsp3) is 0.385. The lowest BCUT2D eigenvalue weighted by atomic mass is 10.1. The number of amides is 2. The molecule has 21 heavy (non-hydrogen) atoms. The van der Waals surface area contributed by atoms with Gasteiger partial charge >= 0.3 is 6.18 Å². The summed E-state index contributed by atoms with van der Waals surface area (Å²) in [6.45, 7) is 1.70. The van der Waals surface area contributed by atoms with E-state index >= 15 is 0 Å². The van der Waals surface area contributed by atoms with Gasteiger partial charge in [0, 0.05) is 12.2 Å². The minimum absolute atomic E-state index is 0.000338. The van der Waals surface area contributed by atoms with Gasteiger partial charge in [-0.05, 0) is 24.6 Å². The van der Waals surface area contributed by atoms with Gasteiger partial charge in [0.05, 0.1) is 12.1 Å². The molecular weight excluding hydrogens is 287 g/mol. The smallest absolute Gasteiger partial charge is 0.353 e. The zero-order valence-corrected chi connectivity index (χ0v) is 11.2. The van der Waals surface area contributed by atoms with Gasteiger partial charge in [-0.3, -0.25) is 14.9 Å².